The van der Waals surface area contributed by atoms with E-state index in [1.807, 2.05) is 24.9 Å². The van der Waals surface area contributed by atoms with Gasteiger partial charge in [0.25, 0.3) is 0 Å². The van der Waals surface area contributed by atoms with E-state index in [0.717, 1.165) is 18.5 Å². The van der Waals surface area contributed by atoms with Crippen LogP contribution in [0.15, 0.2) is 35.1 Å². The van der Waals surface area contributed by atoms with Crippen LogP contribution in [0.25, 0.3) is 0 Å². The van der Waals surface area contributed by atoms with Gasteiger partial charge in [0, 0.05) is 32.3 Å². The number of hydrogen-bond acceptors (Lipinski definition) is 4. The van der Waals surface area contributed by atoms with Gasteiger partial charge < -0.3 is 14.1 Å². The predicted octanol–water partition coefficient (Wildman–Crippen LogP) is 2.96. The highest BCUT2D eigenvalue weighted by Gasteiger charge is 2.05. The second-order valence-electron chi connectivity index (χ2n) is 3.32. The Hall–Kier alpha value is -0.670. The molecule has 0 fully saturated rings. The van der Waals surface area contributed by atoms with E-state index in [4.69, 9.17) is 16.1 Å². The van der Waals surface area contributed by atoms with Crippen LogP contribution in [0.4, 0.5) is 0 Å². The fraction of sp³-hybridized carbons (Fsp3) is 0.417. The molecule has 0 aliphatic heterocycles. The van der Waals surface area contributed by atoms with Crippen LogP contribution in [0.2, 0.25) is 0 Å². The van der Waals surface area contributed by atoms with Gasteiger partial charge in [-0.15, -0.1) is 0 Å². The molecular formula is C12H19ClNO3P. The van der Waals surface area contributed by atoms with Crippen LogP contribution in [0, 0.1) is 0 Å². The fourth-order valence-corrected chi connectivity index (χ4v) is 2.06. The minimum Gasteiger partial charge on any atom is -0.462 e. The maximum Gasteiger partial charge on any atom is 0.157 e. The average Bonchev–Trinajstić information content (AvgIpc) is 2.53. The number of hydrogen-bond donors (Lipinski definition) is 1. The first kappa shape index (κ1) is 17.3. The number of allylic oxidation sites excluding steroid dienone is 5. The summed E-state index contributed by atoms with van der Waals surface area (Å²) in [7, 11) is 2.46. The van der Waals surface area contributed by atoms with Gasteiger partial charge in [-0.05, 0) is 18.2 Å². The van der Waals surface area contributed by atoms with Gasteiger partial charge in [0.05, 0.1) is 6.54 Å². The maximum absolute atomic E-state index is 10.1. The average molecular weight is 292 g/mol. The molecule has 18 heavy (non-hydrogen) atoms. The molecule has 0 saturated carbocycles. The van der Waals surface area contributed by atoms with Crippen molar-refractivity contribution in [1.82, 2.24) is 5.09 Å². The Morgan fingerprint density at radius 1 is 1.50 bits per heavy atom. The number of carbonyl (C=O) groups excluding carboxylic acids is 1. The highest BCUT2D eigenvalue weighted by atomic mass is 35.5. The highest BCUT2D eigenvalue weighted by Crippen LogP contribution is 2.32. The summed E-state index contributed by atoms with van der Waals surface area (Å²) < 4.78 is 9.87. The number of rotatable bonds is 5. The van der Waals surface area contributed by atoms with Crippen molar-refractivity contribution in [3.8, 4) is 0 Å². The Balaban J connectivity index is 0.000000873. The molecule has 1 aliphatic carbocycles. The number of nitrogens with one attached hydrogen (secondary N) is 1. The zero-order valence-electron chi connectivity index (χ0n) is 10.9. The number of carbonyl (C=O) groups is 1. The summed E-state index contributed by atoms with van der Waals surface area (Å²) in [6, 6.07) is 0. The van der Waals surface area contributed by atoms with Gasteiger partial charge in [-0.3, -0.25) is 5.09 Å². The van der Waals surface area contributed by atoms with Gasteiger partial charge in [-0.2, -0.15) is 0 Å². The van der Waals surface area contributed by atoms with E-state index in [9.17, 15) is 4.79 Å². The summed E-state index contributed by atoms with van der Waals surface area (Å²) in [5.74, 6) is 0.855. The molecule has 1 aliphatic rings. The second-order valence-corrected chi connectivity index (χ2v) is 5.25. The van der Waals surface area contributed by atoms with Crippen molar-refractivity contribution in [2.45, 2.75) is 6.42 Å². The molecule has 1 N–H and O–H groups in total. The van der Waals surface area contributed by atoms with Crippen LogP contribution in [-0.4, -0.2) is 33.7 Å². The molecule has 1 unspecified atom stereocenters. The smallest absolute Gasteiger partial charge is 0.157 e. The van der Waals surface area contributed by atoms with Crippen molar-refractivity contribution in [3.05, 3.63) is 35.1 Å². The summed E-state index contributed by atoms with van der Waals surface area (Å²) in [5.41, 5.74) is 0. The quantitative estimate of drug-likeness (QED) is 0.625. The normalized spacial score (nSPS) is 15.6. The molecule has 0 aromatic heterocycles. The summed E-state index contributed by atoms with van der Waals surface area (Å²) in [5, 5.41) is 3.66. The van der Waals surface area contributed by atoms with E-state index in [0.29, 0.717) is 11.6 Å². The first-order valence-electron chi connectivity index (χ1n) is 5.35. The molecule has 102 valence electrons. The topological polar surface area (TPSA) is 47.6 Å². The Morgan fingerprint density at radius 2 is 2.17 bits per heavy atom. The number of ether oxygens (including phenoxy) is 1. The molecule has 0 saturated heterocycles. The lowest BCUT2D eigenvalue weighted by Crippen LogP contribution is -2.10. The molecule has 0 aromatic carbocycles. The Labute approximate surface area is 115 Å². The van der Waals surface area contributed by atoms with E-state index in [1.54, 1.807) is 20.3 Å². The summed E-state index contributed by atoms with van der Waals surface area (Å²) in [6.45, 7) is 2.24. The third-order valence-electron chi connectivity index (χ3n) is 1.68. The van der Waals surface area contributed by atoms with E-state index in [1.165, 1.54) is 0 Å². The van der Waals surface area contributed by atoms with Crippen LogP contribution in [-0.2, 0) is 14.1 Å². The van der Waals surface area contributed by atoms with Gasteiger partial charge in [-0.1, -0.05) is 17.7 Å². The first-order chi connectivity index (χ1) is 8.63. The molecule has 1 rings (SSSR count). The largest absolute Gasteiger partial charge is 0.462 e. The molecule has 4 nitrogen and oxygen atoms in total. The van der Waals surface area contributed by atoms with Crippen LogP contribution < -0.4 is 5.09 Å². The van der Waals surface area contributed by atoms with Crippen molar-refractivity contribution in [3.63, 3.8) is 0 Å². The third kappa shape index (κ3) is 9.37. The van der Waals surface area contributed by atoms with Crippen molar-refractivity contribution in [2.24, 2.45) is 0 Å². The monoisotopic (exact) mass is 291 g/mol. The molecule has 6 heteroatoms. The number of methoxy groups -OCH3 is 1. The van der Waals surface area contributed by atoms with Crippen molar-refractivity contribution in [2.75, 3.05) is 27.4 Å². The minimum absolute atomic E-state index is 0.321. The minimum atomic E-state index is -0.791. The van der Waals surface area contributed by atoms with Crippen LogP contribution in [0.1, 0.15) is 6.42 Å². The maximum atomic E-state index is 10.1. The van der Waals surface area contributed by atoms with Crippen LogP contribution in [0.3, 0.4) is 0 Å². The molecular weight excluding hydrogens is 273 g/mol. The predicted molar refractivity (Wildman–Crippen MR) is 76.7 cm³/mol. The Kier molecular flexibility index (Phi) is 11.0. The Morgan fingerprint density at radius 3 is 2.78 bits per heavy atom. The van der Waals surface area contributed by atoms with Crippen LogP contribution >= 0.6 is 19.9 Å². The molecule has 0 bridgehead atoms. The van der Waals surface area contributed by atoms with Gasteiger partial charge in [0.15, 0.2) is 8.30 Å². The van der Waals surface area contributed by atoms with E-state index < -0.39 is 8.30 Å². The van der Waals surface area contributed by atoms with Crippen LogP contribution in [0.5, 0.6) is 0 Å². The molecule has 0 spiro atoms. The fourth-order valence-electron chi connectivity index (χ4n) is 1.03. The summed E-state index contributed by atoms with van der Waals surface area (Å²) in [4.78, 5) is 10.1. The lowest BCUT2D eigenvalue weighted by Gasteiger charge is -2.15. The van der Waals surface area contributed by atoms with E-state index >= 15 is 0 Å². The van der Waals surface area contributed by atoms with Gasteiger partial charge >= 0.3 is 0 Å². The molecule has 0 amide bonds. The zero-order valence-corrected chi connectivity index (χ0v) is 12.5. The second kappa shape index (κ2) is 11.4. The standard InChI is InChI=1S/C10H13ClNO2P.C2H6O/c1-15(12-7-8-13)14-10-4-2-3-9(11)5-6-10;1-3-2/h2-3,5-6,8,12H,4,7H2,1H3;1-2H3. The molecule has 0 radical (unpaired) electrons. The van der Waals surface area contributed by atoms with Crippen molar-refractivity contribution < 1.29 is 14.1 Å². The van der Waals surface area contributed by atoms with Gasteiger partial charge in [-0.25, -0.2) is 0 Å². The van der Waals surface area contributed by atoms with Crippen molar-refractivity contribution >= 4 is 26.2 Å². The third-order valence-corrected chi connectivity index (χ3v) is 3.06. The molecule has 0 aromatic rings. The number of aldehydes is 1. The number of halogens is 1. The van der Waals surface area contributed by atoms with Gasteiger partial charge in [0.1, 0.15) is 12.0 Å². The van der Waals surface area contributed by atoms with E-state index in [2.05, 4.69) is 9.82 Å². The summed E-state index contributed by atoms with van der Waals surface area (Å²) in [6.07, 6.45) is 8.97. The SMILES string of the molecule is COC.CP(NCC=O)OC1=CC=C(Cl)C=CC1. The Bertz CT molecular complexity index is 329. The van der Waals surface area contributed by atoms with Crippen molar-refractivity contribution in [1.29, 1.82) is 0 Å². The van der Waals surface area contributed by atoms with Gasteiger partial charge in [0.2, 0.25) is 0 Å². The lowest BCUT2D eigenvalue weighted by atomic mass is 10.3. The lowest BCUT2D eigenvalue weighted by molar-refractivity contribution is -0.106. The van der Waals surface area contributed by atoms with E-state index in [-0.39, 0.29) is 0 Å². The zero-order chi connectivity index (χ0) is 13.8. The highest BCUT2D eigenvalue weighted by molar-refractivity contribution is 7.49. The first-order valence-corrected chi connectivity index (χ1v) is 7.44. The molecule has 0 heterocycles. The summed E-state index contributed by atoms with van der Waals surface area (Å²) >= 11 is 5.82. The molecule has 1 atom stereocenters.